The molecule has 1 aliphatic rings. The van der Waals surface area contributed by atoms with Gasteiger partial charge in [-0.05, 0) is 12.3 Å². The summed E-state index contributed by atoms with van der Waals surface area (Å²) in [6.45, 7) is 1.66. The average molecular weight is 225 g/mol. The Kier molecular flexibility index (Phi) is 3.97. The molecule has 1 saturated carbocycles. The van der Waals surface area contributed by atoms with Gasteiger partial charge in [0.05, 0.1) is 0 Å². The van der Waals surface area contributed by atoms with Crippen LogP contribution in [0.3, 0.4) is 0 Å². The summed E-state index contributed by atoms with van der Waals surface area (Å²) in [4.78, 5) is 5.43. The molecular formula is C11H19N3S. The highest BCUT2D eigenvalue weighted by Gasteiger charge is 2.14. The maximum absolute atomic E-state index is 5.53. The van der Waals surface area contributed by atoms with E-state index >= 15 is 0 Å². The largest absolute Gasteiger partial charge is 0.362 e. The summed E-state index contributed by atoms with van der Waals surface area (Å²) in [6.07, 6.45) is 8.86. The van der Waals surface area contributed by atoms with Gasteiger partial charge >= 0.3 is 0 Å². The second-order valence-corrected chi connectivity index (χ2v) is 5.32. The van der Waals surface area contributed by atoms with Crippen LogP contribution in [0.4, 0.5) is 5.13 Å². The van der Waals surface area contributed by atoms with Crippen molar-refractivity contribution in [3.05, 3.63) is 11.1 Å². The van der Waals surface area contributed by atoms with Gasteiger partial charge in [-0.1, -0.05) is 25.7 Å². The second kappa shape index (κ2) is 5.47. The van der Waals surface area contributed by atoms with Crippen LogP contribution in [0.2, 0.25) is 0 Å². The van der Waals surface area contributed by atoms with E-state index < -0.39 is 0 Å². The fourth-order valence-corrected chi connectivity index (χ4v) is 2.88. The monoisotopic (exact) mass is 225 g/mol. The average Bonchev–Trinajstić information content (AvgIpc) is 2.88. The zero-order valence-corrected chi connectivity index (χ0v) is 9.85. The highest BCUT2D eigenvalue weighted by molar-refractivity contribution is 7.15. The first kappa shape index (κ1) is 10.9. The molecule has 1 heterocycles. The Balaban J connectivity index is 1.68. The molecule has 0 radical (unpaired) electrons. The smallest absolute Gasteiger partial charge is 0.182 e. The van der Waals surface area contributed by atoms with Gasteiger partial charge in [0.25, 0.3) is 0 Å². The Hall–Kier alpha value is -0.610. The Bertz CT molecular complexity index is 292. The van der Waals surface area contributed by atoms with Crippen molar-refractivity contribution in [3.63, 3.8) is 0 Å². The maximum Gasteiger partial charge on any atom is 0.182 e. The lowest BCUT2D eigenvalue weighted by atomic mass is 10.0. The topological polar surface area (TPSA) is 50.9 Å². The lowest BCUT2D eigenvalue weighted by molar-refractivity contribution is 0.518. The fraction of sp³-hybridized carbons (Fsp3) is 0.727. The summed E-state index contributed by atoms with van der Waals surface area (Å²) in [5.41, 5.74) is 5.53. The Labute approximate surface area is 95.1 Å². The van der Waals surface area contributed by atoms with E-state index in [0.717, 1.165) is 22.5 Å². The minimum atomic E-state index is 0.599. The summed E-state index contributed by atoms with van der Waals surface area (Å²) in [6, 6.07) is 0. The Morgan fingerprint density at radius 3 is 2.93 bits per heavy atom. The number of anilines is 1. The Morgan fingerprint density at radius 1 is 1.47 bits per heavy atom. The number of aromatic nitrogens is 1. The van der Waals surface area contributed by atoms with E-state index in [9.17, 15) is 0 Å². The minimum absolute atomic E-state index is 0.599. The lowest BCUT2D eigenvalue weighted by Crippen LogP contribution is -2.06. The van der Waals surface area contributed by atoms with Crippen molar-refractivity contribution < 1.29 is 0 Å². The summed E-state index contributed by atoms with van der Waals surface area (Å²) in [7, 11) is 0. The first-order valence-electron chi connectivity index (χ1n) is 5.77. The normalized spacial score (nSPS) is 17.1. The number of thiazole rings is 1. The first-order valence-corrected chi connectivity index (χ1v) is 6.59. The molecule has 0 aromatic carbocycles. The number of nitrogens with two attached hydrogens (primary N) is 1. The summed E-state index contributed by atoms with van der Waals surface area (Å²) in [5, 5.41) is 4.40. The predicted octanol–water partition coefficient (Wildman–Crippen LogP) is 2.59. The molecule has 1 aromatic rings. The molecule has 2 rings (SSSR count). The third-order valence-electron chi connectivity index (χ3n) is 3.06. The molecule has 0 unspecified atom stereocenters. The van der Waals surface area contributed by atoms with E-state index in [1.807, 2.05) is 6.20 Å². The van der Waals surface area contributed by atoms with Crippen molar-refractivity contribution in [2.75, 3.05) is 11.9 Å². The fourth-order valence-electron chi connectivity index (χ4n) is 2.17. The van der Waals surface area contributed by atoms with Gasteiger partial charge in [-0.15, -0.1) is 11.3 Å². The van der Waals surface area contributed by atoms with E-state index in [1.165, 1.54) is 32.1 Å². The van der Waals surface area contributed by atoms with E-state index in [1.54, 1.807) is 11.3 Å². The third-order valence-corrected chi connectivity index (χ3v) is 4.04. The standard InChI is InChI=1S/C11H19N3S/c12-7-10-8-14-11(15-10)13-6-5-9-3-1-2-4-9/h8-9H,1-7,12H2,(H,13,14). The van der Waals surface area contributed by atoms with Crippen LogP contribution >= 0.6 is 11.3 Å². The van der Waals surface area contributed by atoms with Crippen LogP contribution in [-0.4, -0.2) is 11.5 Å². The van der Waals surface area contributed by atoms with E-state index in [4.69, 9.17) is 5.73 Å². The molecule has 3 nitrogen and oxygen atoms in total. The zero-order chi connectivity index (χ0) is 10.5. The number of hydrogen-bond acceptors (Lipinski definition) is 4. The molecule has 0 saturated heterocycles. The second-order valence-electron chi connectivity index (χ2n) is 4.20. The maximum atomic E-state index is 5.53. The molecule has 1 fully saturated rings. The summed E-state index contributed by atoms with van der Waals surface area (Å²) < 4.78 is 0. The van der Waals surface area contributed by atoms with E-state index in [2.05, 4.69) is 10.3 Å². The molecule has 3 N–H and O–H groups in total. The van der Waals surface area contributed by atoms with Crippen LogP contribution in [0, 0.1) is 5.92 Å². The zero-order valence-electron chi connectivity index (χ0n) is 9.04. The van der Waals surface area contributed by atoms with Crippen LogP contribution in [-0.2, 0) is 6.54 Å². The molecule has 0 aliphatic heterocycles. The molecule has 0 atom stereocenters. The van der Waals surface area contributed by atoms with E-state index in [-0.39, 0.29) is 0 Å². The van der Waals surface area contributed by atoms with Gasteiger partial charge < -0.3 is 11.1 Å². The third kappa shape index (κ3) is 3.18. The molecule has 1 aliphatic carbocycles. The highest BCUT2D eigenvalue weighted by atomic mass is 32.1. The van der Waals surface area contributed by atoms with Crippen molar-refractivity contribution in [3.8, 4) is 0 Å². The number of nitrogens with one attached hydrogen (secondary N) is 1. The van der Waals surface area contributed by atoms with Gasteiger partial charge in [-0.25, -0.2) is 4.98 Å². The van der Waals surface area contributed by atoms with Crippen molar-refractivity contribution in [2.24, 2.45) is 11.7 Å². The van der Waals surface area contributed by atoms with E-state index in [0.29, 0.717) is 6.54 Å². The van der Waals surface area contributed by atoms with Gasteiger partial charge in [0.2, 0.25) is 0 Å². The van der Waals surface area contributed by atoms with Crippen LogP contribution in [0.25, 0.3) is 0 Å². The first-order chi connectivity index (χ1) is 7.38. The van der Waals surface area contributed by atoms with Crippen molar-refractivity contribution in [2.45, 2.75) is 38.6 Å². The quantitative estimate of drug-likeness (QED) is 0.810. The highest BCUT2D eigenvalue weighted by Crippen LogP contribution is 2.27. The van der Waals surface area contributed by atoms with Crippen molar-refractivity contribution in [1.29, 1.82) is 0 Å². The van der Waals surface area contributed by atoms with Gasteiger partial charge in [0.15, 0.2) is 5.13 Å². The Morgan fingerprint density at radius 2 is 2.27 bits per heavy atom. The number of nitrogens with zero attached hydrogens (tertiary/aromatic N) is 1. The minimum Gasteiger partial charge on any atom is -0.362 e. The lowest BCUT2D eigenvalue weighted by Gasteiger charge is -2.08. The van der Waals surface area contributed by atoms with Crippen LogP contribution < -0.4 is 11.1 Å². The molecule has 15 heavy (non-hydrogen) atoms. The van der Waals surface area contributed by atoms with Crippen molar-refractivity contribution in [1.82, 2.24) is 4.98 Å². The molecule has 1 aromatic heterocycles. The number of hydrogen-bond donors (Lipinski definition) is 2. The number of rotatable bonds is 5. The van der Waals surface area contributed by atoms with Crippen LogP contribution in [0.5, 0.6) is 0 Å². The van der Waals surface area contributed by atoms with Crippen molar-refractivity contribution >= 4 is 16.5 Å². The van der Waals surface area contributed by atoms with Gasteiger partial charge in [-0.3, -0.25) is 0 Å². The molecule has 0 spiro atoms. The molecule has 0 amide bonds. The summed E-state index contributed by atoms with van der Waals surface area (Å²) in [5.74, 6) is 0.950. The molecule has 4 heteroatoms. The van der Waals surface area contributed by atoms with Crippen LogP contribution in [0.15, 0.2) is 6.20 Å². The van der Waals surface area contributed by atoms with Gasteiger partial charge in [0, 0.05) is 24.2 Å². The predicted molar refractivity (Wildman–Crippen MR) is 65.1 cm³/mol. The SMILES string of the molecule is NCc1cnc(NCCC2CCCC2)s1. The molecule has 84 valence electrons. The van der Waals surface area contributed by atoms with Gasteiger partial charge in [0.1, 0.15) is 0 Å². The molecular weight excluding hydrogens is 206 g/mol. The molecule has 0 bridgehead atoms. The van der Waals surface area contributed by atoms with Crippen LogP contribution in [0.1, 0.15) is 37.0 Å². The van der Waals surface area contributed by atoms with Gasteiger partial charge in [-0.2, -0.15) is 0 Å². The summed E-state index contributed by atoms with van der Waals surface area (Å²) >= 11 is 1.67.